The first-order valence-corrected chi connectivity index (χ1v) is 8.53. The molecule has 0 aliphatic heterocycles. The van der Waals surface area contributed by atoms with Crippen LogP contribution >= 0.6 is 0 Å². The van der Waals surface area contributed by atoms with Gasteiger partial charge in [-0.25, -0.2) is 13.9 Å². The molecule has 1 N–H and O–H groups in total. The van der Waals surface area contributed by atoms with Crippen LogP contribution in [0.15, 0.2) is 66.9 Å². The van der Waals surface area contributed by atoms with Gasteiger partial charge in [-0.2, -0.15) is 5.10 Å². The lowest BCUT2D eigenvalue weighted by Crippen LogP contribution is -2.24. The lowest BCUT2D eigenvalue weighted by atomic mass is 10.1. The zero-order chi connectivity index (χ0) is 19.9. The lowest BCUT2D eigenvalue weighted by Gasteiger charge is -2.01. The molecule has 0 aliphatic rings. The van der Waals surface area contributed by atoms with Crippen molar-refractivity contribution in [3.63, 3.8) is 0 Å². The maximum atomic E-state index is 13.3. The van der Waals surface area contributed by atoms with Gasteiger partial charge in [0.25, 0.3) is 5.91 Å². The Bertz CT molecular complexity index is 995. The van der Waals surface area contributed by atoms with Crippen molar-refractivity contribution in [2.75, 3.05) is 13.7 Å². The fourth-order valence-corrected chi connectivity index (χ4v) is 2.47. The monoisotopic (exact) mass is 379 g/mol. The number of rotatable bonds is 6. The van der Waals surface area contributed by atoms with Gasteiger partial charge in [-0.1, -0.05) is 18.2 Å². The number of likely N-dealkylation sites (N-methyl/N-ethyl adjacent to an activating group) is 1. The minimum absolute atomic E-state index is 0.346. The van der Waals surface area contributed by atoms with Crippen LogP contribution in [0.4, 0.5) is 4.39 Å². The van der Waals surface area contributed by atoms with Crippen LogP contribution in [0, 0.1) is 5.82 Å². The maximum Gasteiger partial charge on any atom is 0.331 e. The molecule has 0 bridgehead atoms. The predicted octanol–water partition coefficient (Wildman–Crippen LogP) is 2.98. The van der Waals surface area contributed by atoms with Gasteiger partial charge in [0.15, 0.2) is 6.61 Å². The number of halogens is 1. The highest BCUT2D eigenvalue weighted by atomic mass is 19.1. The zero-order valence-corrected chi connectivity index (χ0v) is 15.1. The van der Waals surface area contributed by atoms with Crippen molar-refractivity contribution in [3.05, 3.63) is 78.3 Å². The van der Waals surface area contributed by atoms with E-state index in [1.54, 1.807) is 29.1 Å². The molecule has 1 heterocycles. The lowest BCUT2D eigenvalue weighted by molar-refractivity contribution is -0.143. The normalized spacial score (nSPS) is 10.8. The van der Waals surface area contributed by atoms with E-state index in [2.05, 4.69) is 10.4 Å². The minimum atomic E-state index is -0.652. The molecule has 1 amide bonds. The molecule has 0 atom stereocenters. The zero-order valence-electron chi connectivity index (χ0n) is 15.1. The van der Waals surface area contributed by atoms with Gasteiger partial charge in [0.05, 0.1) is 11.4 Å². The van der Waals surface area contributed by atoms with Gasteiger partial charge < -0.3 is 10.1 Å². The summed E-state index contributed by atoms with van der Waals surface area (Å²) in [6.07, 6.45) is 4.54. The SMILES string of the molecule is CNC(=O)COC(=O)/C=C/c1cn(-c2ccccc2)nc1-c1ccc(F)cc1. The van der Waals surface area contributed by atoms with E-state index >= 15 is 0 Å². The summed E-state index contributed by atoms with van der Waals surface area (Å²) in [5.74, 6) is -1.40. The molecule has 0 unspecified atom stereocenters. The van der Waals surface area contributed by atoms with Crippen molar-refractivity contribution in [1.82, 2.24) is 15.1 Å². The fraction of sp³-hybridized carbons (Fsp3) is 0.0952. The van der Waals surface area contributed by atoms with Gasteiger partial charge >= 0.3 is 5.97 Å². The van der Waals surface area contributed by atoms with Crippen molar-refractivity contribution in [2.24, 2.45) is 0 Å². The van der Waals surface area contributed by atoms with E-state index in [1.807, 2.05) is 30.3 Å². The van der Waals surface area contributed by atoms with Crippen molar-refractivity contribution < 1.29 is 18.7 Å². The molecule has 0 saturated carbocycles. The van der Waals surface area contributed by atoms with Gasteiger partial charge in [-0.3, -0.25) is 4.79 Å². The highest BCUT2D eigenvalue weighted by molar-refractivity contribution is 5.90. The Morgan fingerprint density at radius 3 is 2.54 bits per heavy atom. The first kappa shape index (κ1) is 19.0. The molecule has 0 spiro atoms. The second-order valence-corrected chi connectivity index (χ2v) is 5.83. The molecule has 3 aromatic rings. The van der Waals surface area contributed by atoms with Gasteiger partial charge in [-0.15, -0.1) is 0 Å². The van der Waals surface area contributed by atoms with Crippen LogP contribution in [0.3, 0.4) is 0 Å². The molecule has 6 nitrogen and oxygen atoms in total. The number of amides is 1. The number of carbonyl (C=O) groups excluding carboxylic acids is 2. The molecular formula is C21H18FN3O3. The van der Waals surface area contributed by atoms with Crippen LogP contribution in [-0.4, -0.2) is 35.3 Å². The van der Waals surface area contributed by atoms with Crippen molar-refractivity contribution in [3.8, 4) is 16.9 Å². The molecule has 7 heteroatoms. The van der Waals surface area contributed by atoms with Crippen LogP contribution in [0.25, 0.3) is 23.0 Å². The third kappa shape index (κ3) is 4.70. The Balaban J connectivity index is 1.91. The van der Waals surface area contributed by atoms with E-state index in [0.29, 0.717) is 16.8 Å². The highest BCUT2D eigenvalue weighted by Gasteiger charge is 2.11. The fourth-order valence-electron chi connectivity index (χ4n) is 2.47. The number of hydrogen-bond acceptors (Lipinski definition) is 4. The van der Waals surface area contributed by atoms with Crippen LogP contribution < -0.4 is 5.32 Å². The number of para-hydroxylation sites is 1. The van der Waals surface area contributed by atoms with E-state index in [9.17, 15) is 14.0 Å². The first-order chi connectivity index (χ1) is 13.6. The second kappa shape index (κ2) is 8.77. The highest BCUT2D eigenvalue weighted by Crippen LogP contribution is 2.25. The summed E-state index contributed by atoms with van der Waals surface area (Å²) in [6, 6.07) is 15.4. The second-order valence-electron chi connectivity index (χ2n) is 5.83. The quantitative estimate of drug-likeness (QED) is 0.528. The van der Waals surface area contributed by atoms with E-state index in [1.165, 1.54) is 25.3 Å². The molecule has 1 aromatic heterocycles. The molecule has 0 fully saturated rings. The largest absolute Gasteiger partial charge is 0.452 e. The number of benzene rings is 2. The van der Waals surface area contributed by atoms with Crippen LogP contribution in [0.5, 0.6) is 0 Å². The summed E-state index contributed by atoms with van der Waals surface area (Å²) in [5.41, 5.74) is 2.77. The number of ether oxygens (including phenoxy) is 1. The minimum Gasteiger partial charge on any atom is -0.452 e. The van der Waals surface area contributed by atoms with Gasteiger partial charge in [0, 0.05) is 30.4 Å². The topological polar surface area (TPSA) is 73.2 Å². The van der Waals surface area contributed by atoms with E-state index in [0.717, 1.165) is 5.69 Å². The molecular weight excluding hydrogens is 361 g/mol. The third-order valence-corrected chi connectivity index (χ3v) is 3.90. The van der Waals surface area contributed by atoms with Crippen molar-refractivity contribution in [1.29, 1.82) is 0 Å². The summed E-state index contributed by atoms with van der Waals surface area (Å²) >= 11 is 0. The Labute approximate surface area is 161 Å². The van der Waals surface area contributed by atoms with Crippen LogP contribution in [0.2, 0.25) is 0 Å². The van der Waals surface area contributed by atoms with E-state index < -0.39 is 11.9 Å². The van der Waals surface area contributed by atoms with E-state index in [4.69, 9.17) is 4.74 Å². The summed E-state index contributed by atoms with van der Waals surface area (Å²) in [6.45, 7) is -0.353. The average molecular weight is 379 g/mol. The molecule has 0 saturated heterocycles. The summed E-state index contributed by atoms with van der Waals surface area (Å²) in [4.78, 5) is 23.0. The van der Waals surface area contributed by atoms with Gasteiger partial charge in [0.2, 0.25) is 0 Å². The van der Waals surface area contributed by atoms with Crippen molar-refractivity contribution >= 4 is 18.0 Å². The maximum absolute atomic E-state index is 13.3. The molecule has 142 valence electrons. The summed E-state index contributed by atoms with van der Waals surface area (Å²) in [7, 11) is 1.46. The first-order valence-electron chi connectivity index (χ1n) is 8.53. The average Bonchev–Trinajstić information content (AvgIpc) is 3.16. The smallest absolute Gasteiger partial charge is 0.331 e. The number of carbonyl (C=O) groups is 2. The molecule has 28 heavy (non-hydrogen) atoms. The predicted molar refractivity (Wildman–Crippen MR) is 103 cm³/mol. The number of esters is 1. The standard InChI is InChI=1S/C21H18FN3O3/c1-23-19(26)14-28-20(27)12-9-16-13-25(18-5-3-2-4-6-18)24-21(16)15-7-10-17(22)11-8-15/h2-13H,14H2,1H3,(H,23,26)/b12-9+. The van der Waals surface area contributed by atoms with E-state index in [-0.39, 0.29) is 12.4 Å². The summed E-state index contributed by atoms with van der Waals surface area (Å²) in [5, 5.41) is 6.94. The Kier molecular flexibility index (Phi) is 5.96. The number of nitrogens with one attached hydrogen (secondary N) is 1. The molecule has 0 radical (unpaired) electrons. The van der Waals surface area contributed by atoms with Crippen molar-refractivity contribution in [2.45, 2.75) is 0 Å². The Morgan fingerprint density at radius 2 is 1.86 bits per heavy atom. The van der Waals surface area contributed by atoms with Crippen LogP contribution in [-0.2, 0) is 14.3 Å². The number of hydrogen-bond donors (Lipinski definition) is 1. The van der Waals surface area contributed by atoms with Gasteiger partial charge in [0.1, 0.15) is 5.82 Å². The Hall–Kier alpha value is -3.74. The van der Waals surface area contributed by atoms with Crippen LogP contribution in [0.1, 0.15) is 5.56 Å². The molecule has 2 aromatic carbocycles. The Morgan fingerprint density at radius 1 is 1.14 bits per heavy atom. The summed E-state index contributed by atoms with van der Waals surface area (Å²) < 4.78 is 19.8. The molecule has 0 aliphatic carbocycles. The molecule has 3 rings (SSSR count). The number of nitrogens with zero attached hydrogens (tertiary/aromatic N) is 2. The number of aromatic nitrogens is 2. The third-order valence-electron chi connectivity index (χ3n) is 3.90. The van der Waals surface area contributed by atoms with Gasteiger partial charge in [-0.05, 0) is 42.5 Å².